The summed E-state index contributed by atoms with van der Waals surface area (Å²) in [6, 6.07) is 3.54. The van der Waals surface area contributed by atoms with Crippen molar-refractivity contribution >= 4 is 23.3 Å². The second-order valence-electron chi connectivity index (χ2n) is 6.69. The summed E-state index contributed by atoms with van der Waals surface area (Å²) in [5.41, 5.74) is 1.33. The fourth-order valence-electron chi connectivity index (χ4n) is 3.73. The van der Waals surface area contributed by atoms with Crippen LogP contribution in [0, 0.1) is 12.8 Å². The molecule has 2 unspecified atom stereocenters. The molecule has 2 atom stereocenters. The van der Waals surface area contributed by atoms with Crippen LogP contribution in [0.2, 0.25) is 0 Å². The van der Waals surface area contributed by atoms with Gasteiger partial charge in [-0.1, -0.05) is 4.49 Å². The van der Waals surface area contributed by atoms with Gasteiger partial charge in [0, 0.05) is 43.6 Å². The number of hydrogen-bond acceptors (Lipinski definition) is 6. The van der Waals surface area contributed by atoms with Crippen LogP contribution in [-0.2, 0) is 0 Å². The van der Waals surface area contributed by atoms with Crippen molar-refractivity contribution in [2.75, 3.05) is 19.6 Å². The molecule has 25 heavy (non-hydrogen) atoms. The molecule has 2 aromatic rings. The van der Waals surface area contributed by atoms with E-state index in [0.717, 1.165) is 24.4 Å². The number of rotatable bonds is 2. The Balaban J connectivity index is 1.56. The summed E-state index contributed by atoms with van der Waals surface area (Å²) < 4.78 is 3.88. The molecule has 3 aliphatic heterocycles. The topological polar surface area (TPSA) is 79.3 Å². The summed E-state index contributed by atoms with van der Waals surface area (Å²) in [7, 11) is 0. The highest BCUT2D eigenvalue weighted by Crippen LogP contribution is 2.30. The van der Waals surface area contributed by atoms with Gasteiger partial charge < -0.3 is 9.80 Å². The Morgan fingerprint density at radius 2 is 1.92 bits per heavy atom. The van der Waals surface area contributed by atoms with Gasteiger partial charge in [0.05, 0.1) is 5.69 Å². The maximum absolute atomic E-state index is 12.9. The van der Waals surface area contributed by atoms with Crippen molar-refractivity contribution in [3.63, 3.8) is 0 Å². The van der Waals surface area contributed by atoms with Crippen LogP contribution in [0.15, 0.2) is 24.5 Å². The van der Waals surface area contributed by atoms with Crippen molar-refractivity contribution < 1.29 is 9.59 Å². The van der Waals surface area contributed by atoms with Crippen molar-refractivity contribution in [2.24, 2.45) is 5.92 Å². The molecule has 3 saturated heterocycles. The fourth-order valence-corrected chi connectivity index (χ4v) is 4.34. The highest BCUT2D eigenvalue weighted by molar-refractivity contribution is 7.07. The Hall–Kier alpha value is -2.35. The van der Waals surface area contributed by atoms with Gasteiger partial charge >= 0.3 is 0 Å². The van der Waals surface area contributed by atoms with E-state index in [1.54, 1.807) is 24.5 Å². The molecule has 0 aromatic carbocycles. The summed E-state index contributed by atoms with van der Waals surface area (Å²) in [4.78, 5) is 34.1. The van der Waals surface area contributed by atoms with Crippen molar-refractivity contribution in [1.82, 2.24) is 24.4 Å². The average Bonchev–Trinajstić information content (AvgIpc) is 2.87. The second kappa shape index (κ2) is 6.51. The molecule has 2 bridgehead atoms. The number of aromatic nitrogens is 3. The number of amides is 2. The largest absolute Gasteiger partial charge is 0.336 e. The number of pyridine rings is 1. The molecule has 2 amide bonds. The molecule has 5 heterocycles. The van der Waals surface area contributed by atoms with Gasteiger partial charge in [-0.05, 0) is 49.3 Å². The van der Waals surface area contributed by atoms with E-state index in [0.29, 0.717) is 41.7 Å². The van der Waals surface area contributed by atoms with Gasteiger partial charge in [-0.2, -0.15) is 0 Å². The van der Waals surface area contributed by atoms with E-state index in [4.69, 9.17) is 0 Å². The lowest BCUT2D eigenvalue weighted by Gasteiger charge is -2.35. The van der Waals surface area contributed by atoms with E-state index in [1.165, 1.54) is 0 Å². The first-order valence-electron chi connectivity index (χ1n) is 8.42. The number of carbonyl (C=O) groups is 2. The number of nitrogens with zero attached hydrogens (tertiary/aromatic N) is 5. The van der Waals surface area contributed by atoms with E-state index in [1.807, 2.05) is 16.7 Å². The van der Waals surface area contributed by atoms with E-state index < -0.39 is 0 Å². The van der Waals surface area contributed by atoms with Gasteiger partial charge in [-0.25, -0.2) is 0 Å². The summed E-state index contributed by atoms with van der Waals surface area (Å²) in [5, 5.41) is 3.95. The molecule has 3 fully saturated rings. The van der Waals surface area contributed by atoms with Gasteiger partial charge in [-0.15, -0.1) is 5.10 Å². The minimum Gasteiger partial charge on any atom is -0.336 e. The summed E-state index contributed by atoms with van der Waals surface area (Å²) in [5.74, 6) is 0.333. The molecule has 8 heteroatoms. The summed E-state index contributed by atoms with van der Waals surface area (Å²) >= 11 is 1.15. The van der Waals surface area contributed by atoms with Crippen LogP contribution < -0.4 is 0 Å². The number of piperidine rings is 1. The van der Waals surface area contributed by atoms with Crippen LogP contribution in [0.25, 0.3) is 0 Å². The third kappa shape index (κ3) is 3.02. The average molecular weight is 357 g/mol. The molecule has 0 N–H and O–H groups in total. The van der Waals surface area contributed by atoms with Gasteiger partial charge in [0.2, 0.25) is 0 Å². The van der Waals surface area contributed by atoms with Crippen molar-refractivity contribution in [3.05, 3.63) is 40.7 Å². The van der Waals surface area contributed by atoms with Crippen LogP contribution in [0.4, 0.5) is 0 Å². The first kappa shape index (κ1) is 16.1. The molecule has 5 rings (SSSR count). The molecule has 0 spiro atoms. The molecule has 0 saturated carbocycles. The number of aryl methyl sites for hydroxylation is 1. The standard InChI is InChI=1S/C17H19N5O2S/c1-11-15(25-20-19-11)17(24)22-9-12-2-3-14(22)10-21(8-12)16(23)13-4-6-18-7-5-13/h4-7,12,14H,2-3,8-10H2,1H3. The summed E-state index contributed by atoms with van der Waals surface area (Å²) in [6.07, 6.45) is 5.25. The maximum Gasteiger partial charge on any atom is 0.267 e. The Kier molecular flexibility index (Phi) is 4.20. The normalized spacial score (nSPS) is 22.8. The highest BCUT2D eigenvalue weighted by Gasteiger charge is 2.39. The van der Waals surface area contributed by atoms with E-state index >= 15 is 0 Å². The van der Waals surface area contributed by atoms with Crippen LogP contribution in [0.5, 0.6) is 0 Å². The monoisotopic (exact) mass is 357 g/mol. The van der Waals surface area contributed by atoms with E-state index in [9.17, 15) is 9.59 Å². The Labute approximate surface area is 149 Å². The smallest absolute Gasteiger partial charge is 0.267 e. The van der Waals surface area contributed by atoms with Crippen molar-refractivity contribution in [1.29, 1.82) is 0 Å². The SMILES string of the molecule is Cc1nnsc1C(=O)N1CC2CCC1CN(C(=O)c1ccncc1)C2. The molecule has 7 nitrogen and oxygen atoms in total. The minimum atomic E-state index is 0.000380. The van der Waals surface area contributed by atoms with Crippen LogP contribution in [-0.4, -0.2) is 61.9 Å². The Morgan fingerprint density at radius 3 is 2.64 bits per heavy atom. The van der Waals surface area contributed by atoms with E-state index in [-0.39, 0.29) is 17.9 Å². The van der Waals surface area contributed by atoms with Crippen molar-refractivity contribution in [3.8, 4) is 0 Å². The second-order valence-corrected chi connectivity index (χ2v) is 7.44. The molecular weight excluding hydrogens is 338 g/mol. The van der Waals surface area contributed by atoms with Gasteiger partial charge in [0.15, 0.2) is 0 Å². The zero-order valence-electron chi connectivity index (χ0n) is 14.0. The predicted molar refractivity (Wildman–Crippen MR) is 92.3 cm³/mol. The van der Waals surface area contributed by atoms with Gasteiger partial charge in [-0.3, -0.25) is 14.6 Å². The number of carbonyl (C=O) groups excluding carboxylic acids is 2. The molecule has 3 aliphatic rings. The first-order chi connectivity index (χ1) is 12.1. The van der Waals surface area contributed by atoms with Gasteiger partial charge in [0.1, 0.15) is 4.88 Å². The number of fused-ring (bicyclic) bond motifs is 4. The summed E-state index contributed by atoms with van der Waals surface area (Å²) in [6.45, 7) is 3.78. The zero-order valence-corrected chi connectivity index (χ0v) is 14.8. The minimum absolute atomic E-state index is 0.000380. The first-order valence-corrected chi connectivity index (χ1v) is 9.20. The van der Waals surface area contributed by atoms with Gasteiger partial charge in [0.25, 0.3) is 11.8 Å². The Morgan fingerprint density at radius 1 is 1.12 bits per heavy atom. The number of hydrogen-bond donors (Lipinski definition) is 0. The van der Waals surface area contributed by atoms with Crippen LogP contribution >= 0.6 is 11.5 Å². The van der Waals surface area contributed by atoms with E-state index in [2.05, 4.69) is 14.6 Å². The molecule has 2 aromatic heterocycles. The molecular formula is C17H19N5O2S. The molecule has 130 valence electrons. The maximum atomic E-state index is 12.9. The van der Waals surface area contributed by atoms with Crippen LogP contribution in [0.3, 0.4) is 0 Å². The highest BCUT2D eigenvalue weighted by atomic mass is 32.1. The molecule has 0 aliphatic carbocycles. The lowest BCUT2D eigenvalue weighted by atomic mass is 9.95. The van der Waals surface area contributed by atoms with Crippen molar-refractivity contribution in [2.45, 2.75) is 25.8 Å². The fraction of sp³-hybridized carbons (Fsp3) is 0.471. The third-order valence-corrected chi connectivity index (χ3v) is 5.85. The quantitative estimate of drug-likeness (QED) is 0.816. The third-order valence-electron chi connectivity index (χ3n) is 5.03. The lowest BCUT2D eigenvalue weighted by molar-refractivity contribution is 0.0578. The Bertz CT molecular complexity index is 793. The molecule has 0 radical (unpaired) electrons. The predicted octanol–water partition coefficient (Wildman–Crippen LogP) is 1.62. The lowest BCUT2D eigenvalue weighted by Crippen LogP contribution is -2.47. The zero-order chi connectivity index (χ0) is 17.4. The van der Waals surface area contributed by atoms with Crippen LogP contribution in [0.1, 0.15) is 38.6 Å².